The monoisotopic (exact) mass is 308 g/mol. The van der Waals surface area contributed by atoms with Crippen LogP contribution in [0, 0.1) is 6.92 Å². The van der Waals surface area contributed by atoms with Crippen LogP contribution in [0.1, 0.15) is 43.7 Å². The van der Waals surface area contributed by atoms with Crippen molar-refractivity contribution in [1.29, 1.82) is 0 Å². The molecule has 0 bridgehead atoms. The molecule has 2 aliphatic rings. The second-order valence-corrected chi connectivity index (χ2v) is 7.94. The number of nitrogens with one attached hydrogen (secondary N) is 1. The smallest absolute Gasteiger partial charge is 0.243 e. The van der Waals surface area contributed by atoms with Gasteiger partial charge in [-0.25, -0.2) is 8.42 Å². The molecular weight excluding hydrogens is 284 g/mol. The highest BCUT2D eigenvalue weighted by molar-refractivity contribution is 7.89. The van der Waals surface area contributed by atoms with Crippen LogP contribution in [0.4, 0.5) is 5.69 Å². The van der Waals surface area contributed by atoms with Gasteiger partial charge in [0.15, 0.2) is 0 Å². The molecule has 0 amide bonds. The average Bonchev–Trinajstić information content (AvgIpc) is 2.97. The average molecular weight is 308 g/mol. The van der Waals surface area contributed by atoms with E-state index in [2.05, 4.69) is 12.2 Å². The number of fused-ring (bicyclic) bond motifs is 1. The van der Waals surface area contributed by atoms with Crippen molar-refractivity contribution in [2.24, 2.45) is 0 Å². The lowest BCUT2D eigenvalue weighted by Gasteiger charge is -2.27. The molecule has 2 heterocycles. The number of anilines is 1. The number of rotatable bonds is 3. The molecule has 1 N–H and O–H groups in total. The van der Waals surface area contributed by atoms with E-state index in [4.69, 9.17) is 0 Å². The summed E-state index contributed by atoms with van der Waals surface area (Å²) in [5.74, 6) is 0. The SMILES string of the molecule is CCC1CCCN1S(=O)(=O)c1ccc(C)c2c1CCCN2. The van der Waals surface area contributed by atoms with E-state index in [9.17, 15) is 8.42 Å². The molecule has 0 aliphatic carbocycles. The lowest BCUT2D eigenvalue weighted by Crippen LogP contribution is -2.36. The van der Waals surface area contributed by atoms with Crippen LogP contribution in [0.2, 0.25) is 0 Å². The van der Waals surface area contributed by atoms with Crippen LogP contribution in [0.5, 0.6) is 0 Å². The molecule has 1 aromatic rings. The summed E-state index contributed by atoms with van der Waals surface area (Å²) in [7, 11) is -3.36. The summed E-state index contributed by atoms with van der Waals surface area (Å²) >= 11 is 0. The van der Waals surface area contributed by atoms with E-state index in [1.54, 1.807) is 4.31 Å². The minimum atomic E-state index is -3.36. The Balaban J connectivity index is 2.07. The van der Waals surface area contributed by atoms with Gasteiger partial charge in [0.2, 0.25) is 10.0 Å². The van der Waals surface area contributed by atoms with Gasteiger partial charge in [0.05, 0.1) is 4.90 Å². The van der Waals surface area contributed by atoms with Gasteiger partial charge in [-0.05, 0) is 56.2 Å². The number of sulfonamides is 1. The van der Waals surface area contributed by atoms with Crippen LogP contribution in [0.15, 0.2) is 17.0 Å². The molecule has 0 spiro atoms. The number of benzene rings is 1. The van der Waals surface area contributed by atoms with Crippen molar-refractivity contribution in [1.82, 2.24) is 4.31 Å². The van der Waals surface area contributed by atoms with E-state index in [-0.39, 0.29) is 6.04 Å². The first kappa shape index (κ1) is 14.9. The second-order valence-electron chi connectivity index (χ2n) is 6.08. The highest BCUT2D eigenvalue weighted by Crippen LogP contribution is 2.35. The van der Waals surface area contributed by atoms with E-state index in [1.165, 1.54) is 0 Å². The zero-order valence-electron chi connectivity index (χ0n) is 12.9. The Hall–Kier alpha value is -1.07. The summed E-state index contributed by atoms with van der Waals surface area (Å²) in [5, 5.41) is 3.38. The molecule has 3 rings (SSSR count). The van der Waals surface area contributed by atoms with Crippen LogP contribution in [-0.2, 0) is 16.4 Å². The van der Waals surface area contributed by atoms with Crippen LogP contribution < -0.4 is 5.32 Å². The zero-order chi connectivity index (χ0) is 15.0. The molecule has 1 fully saturated rings. The first-order valence-corrected chi connectivity index (χ1v) is 9.38. The van der Waals surface area contributed by atoms with Crippen LogP contribution in [-0.4, -0.2) is 31.9 Å². The molecule has 5 heteroatoms. The van der Waals surface area contributed by atoms with Gasteiger partial charge in [0.1, 0.15) is 0 Å². The second kappa shape index (κ2) is 5.61. The third kappa shape index (κ3) is 2.46. The van der Waals surface area contributed by atoms with E-state index in [1.807, 2.05) is 19.1 Å². The van der Waals surface area contributed by atoms with Crippen molar-refractivity contribution in [2.45, 2.75) is 56.9 Å². The molecular formula is C16H24N2O2S. The summed E-state index contributed by atoms with van der Waals surface area (Å²) in [6.07, 6.45) is 4.71. The molecule has 21 heavy (non-hydrogen) atoms. The van der Waals surface area contributed by atoms with Crippen LogP contribution in [0.3, 0.4) is 0 Å². The number of aryl methyl sites for hydroxylation is 1. The minimum Gasteiger partial charge on any atom is -0.385 e. The fourth-order valence-electron chi connectivity index (χ4n) is 3.62. The Bertz CT molecular complexity index is 640. The Kier molecular flexibility index (Phi) is 3.97. The standard InChI is InChI=1S/C16H24N2O2S/c1-3-13-6-5-11-18(13)21(19,20)15-9-8-12(2)16-14(15)7-4-10-17-16/h8-9,13,17H,3-7,10-11H2,1-2H3. The van der Waals surface area contributed by atoms with E-state index in [0.717, 1.165) is 55.5 Å². The van der Waals surface area contributed by atoms with Crippen molar-refractivity contribution in [3.8, 4) is 0 Å². The number of hydrogen-bond donors (Lipinski definition) is 1. The Morgan fingerprint density at radius 1 is 1.33 bits per heavy atom. The molecule has 1 saturated heterocycles. The van der Waals surface area contributed by atoms with Gasteiger partial charge >= 0.3 is 0 Å². The Morgan fingerprint density at radius 3 is 2.90 bits per heavy atom. The highest BCUT2D eigenvalue weighted by atomic mass is 32.2. The maximum atomic E-state index is 13.1. The van der Waals surface area contributed by atoms with Crippen molar-refractivity contribution < 1.29 is 8.42 Å². The maximum absolute atomic E-state index is 13.1. The first-order chi connectivity index (χ1) is 10.1. The number of hydrogen-bond acceptors (Lipinski definition) is 3. The Morgan fingerprint density at radius 2 is 2.14 bits per heavy atom. The molecule has 2 aliphatic heterocycles. The zero-order valence-corrected chi connectivity index (χ0v) is 13.7. The molecule has 0 saturated carbocycles. The third-order valence-electron chi connectivity index (χ3n) is 4.76. The van der Waals surface area contributed by atoms with E-state index < -0.39 is 10.0 Å². The first-order valence-electron chi connectivity index (χ1n) is 7.94. The normalized spacial score (nSPS) is 22.9. The molecule has 0 aromatic heterocycles. The topological polar surface area (TPSA) is 49.4 Å². The van der Waals surface area contributed by atoms with Gasteiger partial charge in [-0.2, -0.15) is 4.31 Å². The molecule has 1 aromatic carbocycles. The maximum Gasteiger partial charge on any atom is 0.243 e. The molecule has 0 radical (unpaired) electrons. The van der Waals surface area contributed by atoms with Crippen molar-refractivity contribution in [3.63, 3.8) is 0 Å². The third-order valence-corrected chi connectivity index (χ3v) is 6.80. The van der Waals surface area contributed by atoms with E-state index in [0.29, 0.717) is 11.4 Å². The number of nitrogens with zero attached hydrogens (tertiary/aromatic N) is 1. The van der Waals surface area contributed by atoms with Gasteiger partial charge in [-0.1, -0.05) is 13.0 Å². The van der Waals surface area contributed by atoms with Gasteiger partial charge in [0.25, 0.3) is 0 Å². The lowest BCUT2D eigenvalue weighted by atomic mass is 10.00. The molecule has 1 unspecified atom stereocenters. The predicted octanol–water partition coefficient (Wildman–Crippen LogP) is 2.92. The molecule has 4 nitrogen and oxygen atoms in total. The van der Waals surface area contributed by atoms with Gasteiger partial charge in [-0.3, -0.25) is 0 Å². The fraction of sp³-hybridized carbons (Fsp3) is 0.625. The van der Waals surface area contributed by atoms with Crippen molar-refractivity contribution >= 4 is 15.7 Å². The minimum absolute atomic E-state index is 0.170. The molecule has 1 atom stereocenters. The quantitative estimate of drug-likeness (QED) is 0.934. The Labute approximate surface area is 127 Å². The fourth-order valence-corrected chi connectivity index (χ4v) is 5.64. The summed E-state index contributed by atoms with van der Waals surface area (Å²) in [6.45, 7) is 5.71. The summed E-state index contributed by atoms with van der Waals surface area (Å²) in [6, 6.07) is 3.91. The lowest BCUT2D eigenvalue weighted by molar-refractivity contribution is 0.379. The van der Waals surface area contributed by atoms with Gasteiger partial charge in [0, 0.05) is 24.8 Å². The molecule has 116 valence electrons. The predicted molar refractivity (Wildman–Crippen MR) is 85.2 cm³/mol. The summed E-state index contributed by atoms with van der Waals surface area (Å²) in [4.78, 5) is 0.524. The highest BCUT2D eigenvalue weighted by Gasteiger charge is 2.36. The van der Waals surface area contributed by atoms with Gasteiger partial charge < -0.3 is 5.32 Å². The van der Waals surface area contributed by atoms with Crippen LogP contribution in [0.25, 0.3) is 0 Å². The van der Waals surface area contributed by atoms with Crippen molar-refractivity contribution in [2.75, 3.05) is 18.4 Å². The largest absolute Gasteiger partial charge is 0.385 e. The van der Waals surface area contributed by atoms with Crippen LogP contribution >= 0.6 is 0 Å². The van der Waals surface area contributed by atoms with Gasteiger partial charge in [-0.15, -0.1) is 0 Å². The summed E-state index contributed by atoms with van der Waals surface area (Å²) in [5.41, 5.74) is 3.16. The van der Waals surface area contributed by atoms with Crippen molar-refractivity contribution in [3.05, 3.63) is 23.3 Å². The van der Waals surface area contributed by atoms with E-state index >= 15 is 0 Å². The summed E-state index contributed by atoms with van der Waals surface area (Å²) < 4.78 is 27.9.